The van der Waals surface area contributed by atoms with Crippen molar-refractivity contribution in [3.63, 3.8) is 0 Å². The lowest BCUT2D eigenvalue weighted by Gasteiger charge is -2.24. The lowest BCUT2D eigenvalue weighted by atomic mass is 10.1. The van der Waals surface area contributed by atoms with Gasteiger partial charge in [0.25, 0.3) is 0 Å². The zero-order valence-corrected chi connectivity index (χ0v) is 12.5. The third-order valence-electron chi connectivity index (χ3n) is 3.46. The quantitative estimate of drug-likeness (QED) is 0.691. The highest BCUT2D eigenvalue weighted by Crippen LogP contribution is 2.26. The first-order chi connectivity index (χ1) is 8.69. The van der Waals surface area contributed by atoms with Crippen LogP contribution in [0, 0.1) is 5.92 Å². The minimum Gasteiger partial charge on any atom is -0.444 e. The second kappa shape index (κ2) is 4.94. The molecule has 0 aromatic rings. The fourth-order valence-electron chi connectivity index (χ4n) is 2.57. The molecule has 19 heavy (non-hydrogen) atoms. The number of hydrogen-bond acceptors (Lipinski definition) is 5. The van der Waals surface area contributed by atoms with Gasteiger partial charge in [0.05, 0.1) is 11.0 Å². The Hall–Kier alpha value is -0.820. The highest BCUT2D eigenvalue weighted by Gasteiger charge is 2.44. The van der Waals surface area contributed by atoms with Crippen LogP contribution in [0.25, 0.3) is 0 Å². The van der Waals surface area contributed by atoms with Gasteiger partial charge in [-0.1, -0.05) is 0 Å². The predicted octanol–water partition coefficient (Wildman–Crippen LogP) is 0.240. The van der Waals surface area contributed by atoms with Crippen molar-refractivity contribution >= 4 is 15.9 Å². The Morgan fingerprint density at radius 3 is 2.63 bits per heavy atom. The first-order valence-electron chi connectivity index (χ1n) is 6.59. The van der Waals surface area contributed by atoms with Gasteiger partial charge >= 0.3 is 6.09 Å². The summed E-state index contributed by atoms with van der Waals surface area (Å²) in [4.78, 5) is 13.5. The maximum atomic E-state index is 12.1. The summed E-state index contributed by atoms with van der Waals surface area (Å²) < 4.78 is 29.5. The van der Waals surface area contributed by atoms with Gasteiger partial charge in [0, 0.05) is 32.1 Å². The second-order valence-corrected chi connectivity index (χ2v) is 8.59. The van der Waals surface area contributed by atoms with Gasteiger partial charge in [0.1, 0.15) is 5.60 Å². The van der Waals surface area contributed by atoms with Crippen LogP contribution in [0.5, 0.6) is 0 Å². The highest BCUT2D eigenvalue weighted by molar-refractivity contribution is 7.92. The Labute approximate surface area is 114 Å². The molecule has 1 amide bonds. The number of likely N-dealkylation sites (tertiary alicyclic amines) is 1. The molecule has 110 valence electrons. The topological polar surface area (TPSA) is 75.7 Å². The first-order valence-corrected chi connectivity index (χ1v) is 8.31. The molecule has 2 atom stereocenters. The molecule has 2 heterocycles. The molecule has 0 aliphatic carbocycles. The molecule has 0 aromatic heterocycles. The molecule has 0 spiro atoms. The Morgan fingerprint density at radius 2 is 2.00 bits per heavy atom. The smallest absolute Gasteiger partial charge is 0.410 e. The van der Waals surface area contributed by atoms with Gasteiger partial charge in [0.15, 0.2) is 9.84 Å². The van der Waals surface area contributed by atoms with E-state index in [0.29, 0.717) is 19.6 Å². The van der Waals surface area contributed by atoms with Crippen LogP contribution in [0.4, 0.5) is 4.79 Å². The average molecular weight is 290 g/mol. The molecular formula is C12H22N2O4S. The summed E-state index contributed by atoms with van der Waals surface area (Å²) in [5.74, 6) is 0.121. The monoisotopic (exact) mass is 290 g/mol. The summed E-state index contributed by atoms with van der Waals surface area (Å²) in [6.45, 7) is 7.26. The van der Waals surface area contributed by atoms with E-state index in [0.717, 1.165) is 0 Å². The number of fused-ring (bicyclic) bond motifs is 1. The Bertz CT molecular complexity index is 455. The summed E-state index contributed by atoms with van der Waals surface area (Å²) in [6.07, 6.45) is -0.421. The Balaban J connectivity index is 2.08. The lowest BCUT2D eigenvalue weighted by molar-refractivity contribution is 0.0288. The number of amides is 1. The number of ether oxygens (including phenoxy) is 1. The van der Waals surface area contributed by atoms with E-state index in [1.54, 1.807) is 20.8 Å². The molecular weight excluding hydrogens is 268 g/mol. The zero-order valence-electron chi connectivity index (χ0n) is 11.7. The minimum absolute atomic E-state index is 0.0278. The molecule has 0 radical (unpaired) electrons. The maximum Gasteiger partial charge on any atom is 0.410 e. The molecule has 2 fully saturated rings. The Kier molecular flexibility index (Phi) is 3.79. The minimum atomic E-state index is -3.12. The van der Waals surface area contributed by atoms with Gasteiger partial charge in [0.2, 0.25) is 0 Å². The van der Waals surface area contributed by atoms with Gasteiger partial charge in [-0.15, -0.1) is 0 Å². The molecule has 2 saturated heterocycles. The van der Waals surface area contributed by atoms with Crippen LogP contribution < -0.4 is 5.32 Å². The summed E-state index contributed by atoms with van der Waals surface area (Å²) >= 11 is 0. The van der Waals surface area contributed by atoms with Gasteiger partial charge in [-0.05, 0) is 20.8 Å². The largest absolute Gasteiger partial charge is 0.444 e. The molecule has 0 unspecified atom stereocenters. The normalized spacial score (nSPS) is 30.6. The van der Waals surface area contributed by atoms with Crippen molar-refractivity contribution in [2.75, 3.05) is 31.9 Å². The molecule has 7 heteroatoms. The van der Waals surface area contributed by atoms with E-state index in [9.17, 15) is 13.2 Å². The van der Waals surface area contributed by atoms with Crippen molar-refractivity contribution in [1.29, 1.82) is 0 Å². The van der Waals surface area contributed by atoms with Crippen molar-refractivity contribution in [2.24, 2.45) is 5.92 Å². The molecule has 0 bridgehead atoms. The van der Waals surface area contributed by atoms with Crippen LogP contribution in [-0.2, 0) is 14.6 Å². The summed E-state index contributed by atoms with van der Waals surface area (Å²) in [6, 6.07) is 0. The number of nitrogens with zero attached hydrogens (tertiary/aromatic N) is 1. The van der Waals surface area contributed by atoms with E-state index >= 15 is 0 Å². The fraction of sp³-hybridized carbons (Fsp3) is 0.917. The zero-order chi connectivity index (χ0) is 14.3. The molecule has 1 N–H and O–H groups in total. The number of rotatable bonds is 0. The first kappa shape index (κ1) is 14.6. The molecule has 0 saturated carbocycles. The molecule has 2 aliphatic heterocycles. The standard InChI is InChI=1S/C12H22N2O4S/c1-12(2,3)18-11(15)14-7-9-6-13-4-5-19(16,17)10(9)8-14/h9-10,13H,4-8H2,1-3H3/t9-,10+/m0/s1. The van der Waals surface area contributed by atoms with Crippen LogP contribution in [0.1, 0.15) is 20.8 Å². The second-order valence-electron chi connectivity index (χ2n) is 6.25. The number of sulfone groups is 1. The molecule has 2 aliphatic rings. The van der Waals surface area contributed by atoms with Gasteiger partial charge in [-0.3, -0.25) is 0 Å². The van der Waals surface area contributed by atoms with E-state index in [2.05, 4.69) is 5.32 Å². The SMILES string of the molecule is CC(C)(C)OC(=O)N1C[C@@H]2CNCCS(=O)(=O)[C@@H]2C1. The van der Waals surface area contributed by atoms with Crippen LogP contribution in [-0.4, -0.2) is 62.2 Å². The van der Waals surface area contributed by atoms with Gasteiger partial charge in [-0.25, -0.2) is 13.2 Å². The number of nitrogens with one attached hydrogen (secondary N) is 1. The van der Waals surface area contributed by atoms with E-state index < -0.39 is 26.8 Å². The summed E-state index contributed by atoms with van der Waals surface area (Å²) in [5.41, 5.74) is -0.557. The van der Waals surface area contributed by atoms with Crippen molar-refractivity contribution in [3.8, 4) is 0 Å². The lowest BCUT2D eigenvalue weighted by Crippen LogP contribution is -2.37. The van der Waals surface area contributed by atoms with E-state index in [1.165, 1.54) is 4.90 Å². The Morgan fingerprint density at radius 1 is 1.32 bits per heavy atom. The average Bonchev–Trinajstić information content (AvgIpc) is 2.61. The van der Waals surface area contributed by atoms with Gasteiger partial charge in [-0.2, -0.15) is 0 Å². The molecule has 0 aromatic carbocycles. The fourth-order valence-corrected chi connectivity index (χ4v) is 4.48. The number of hydrogen-bond donors (Lipinski definition) is 1. The van der Waals surface area contributed by atoms with Crippen molar-refractivity contribution in [1.82, 2.24) is 10.2 Å². The highest BCUT2D eigenvalue weighted by atomic mass is 32.2. The van der Waals surface area contributed by atoms with Crippen LogP contribution in [0.2, 0.25) is 0 Å². The number of carbonyl (C=O) groups is 1. The van der Waals surface area contributed by atoms with Crippen LogP contribution in [0.15, 0.2) is 0 Å². The summed E-state index contributed by atoms with van der Waals surface area (Å²) in [5, 5.41) is 2.68. The van der Waals surface area contributed by atoms with Crippen LogP contribution >= 0.6 is 0 Å². The third-order valence-corrected chi connectivity index (χ3v) is 5.69. The molecule has 6 nitrogen and oxygen atoms in total. The molecule has 2 rings (SSSR count). The van der Waals surface area contributed by atoms with E-state index in [-0.39, 0.29) is 18.2 Å². The van der Waals surface area contributed by atoms with Gasteiger partial charge < -0.3 is 15.0 Å². The summed E-state index contributed by atoms with van der Waals surface area (Å²) in [7, 11) is -3.12. The van der Waals surface area contributed by atoms with Crippen molar-refractivity contribution in [2.45, 2.75) is 31.6 Å². The van der Waals surface area contributed by atoms with E-state index in [1.807, 2.05) is 0 Å². The number of carbonyl (C=O) groups excluding carboxylic acids is 1. The third kappa shape index (κ3) is 3.39. The van der Waals surface area contributed by atoms with Crippen molar-refractivity contribution < 1.29 is 17.9 Å². The van der Waals surface area contributed by atoms with Crippen molar-refractivity contribution in [3.05, 3.63) is 0 Å². The van der Waals surface area contributed by atoms with Crippen LogP contribution in [0.3, 0.4) is 0 Å². The maximum absolute atomic E-state index is 12.1. The van der Waals surface area contributed by atoms with E-state index in [4.69, 9.17) is 4.74 Å². The predicted molar refractivity (Wildman–Crippen MR) is 71.7 cm³/mol.